The van der Waals surface area contributed by atoms with Crippen LogP contribution in [0.25, 0.3) is 11.1 Å². The average Bonchev–Trinajstić information content (AvgIpc) is 2.39. The van der Waals surface area contributed by atoms with E-state index in [4.69, 9.17) is 22.4 Å². The van der Waals surface area contributed by atoms with E-state index in [0.29, 0.717) is 5.02 Å². The van der Waals surface area contributed by atoms with Crippen molar-refractivity contribution in [1.29, 1.82) is 0 Å². The molecule has 2 aromatic rings. The number of halogens is 1. The highest BCUT2D eigenvalue weighted by molar-refractivity contribution is 6.33. The second kappa shape index (κ2) is 5.87. The van der Waals surface area contributed by atoms with Gasteiger partial charge in [-0.15, -0.1) is 0 Å². The highest BCUT2D eigenvalue weighted by Gasteiger charge is 2.13. The quantitative estimate of drug-likeness (QED) is 0.902. The van der Waals surface area contributed by atoms with Crippen LogP contribution in [-0.2, 0) is 11.2 Å². The van der Waals surface area contributed by atoms with E-state index in [2.05, 4.69) is 0 Å². The molecule has 3 nitrogen and oxygen atoms in total. The molecule has 0 saturated heterocycles. The van der Waals surface area contributed by atoms with Crippen LogP contribution in [0, 0.1) is 0 Å². The molecule has 2 aromatic carbocycles. The summed E-state index contributed by atoms with van der Waals surface area (Å²) in [5, 5.41) is 9.39. The van der Waals surface area contributed by atoms with Gasteiger partial charge in [-0.1, -0.05) is 54.1 Å². The lowest BCUT2D eigenvalue weighted by Gasteiger charge is -2.09. The number of hydrogen-bond donors (Lipinski definition) is 2. The number of carbonyl (C=O) groups is 1. The minimum absolute atomic E-state index is 0.268. The van der Waals surface area contributed by atoms with Crippen LogP contribution in [-0.4, -0.2) is 17.1 Å². The summed E-state index contributed by atoms with van der Waals surface area (Å²) in [5.74, 6) is -1.01. The fourth-order valence-corrected chi connectivity index (χ4v) is 2.19. The van der Waals surface area contributed by atoms with Crippen molar-refractivity contribution >= 4 is 17.6 Å². The molecular formula is C15H14ClNO2. The first-order valence-corrected chi connectivity index (χ1v) is 6.28. The Labute approximate surface area is 116 Å². The fraction of sp³-hybridized carbons (Fsp3) is 0.133. The largest absolute Gasteiger partial charge is 0.480 e. The van der Waals surface area contributed by atoms with Gasteiger partial charge in [0.15, 0.2) is 0 Å². The molecule has 4 heteroatoms. The summed E-state index contributed by atoms with van der Waals surface area (Å²) in [4.78, 5) is 10.7. The highest BCUT2D eigenvalue weighted by Crippen LogP contribution is 2.28. The first kappa shape index (κ1) is 13.6. The van der Waals surface area contributed by atoms with E-state index >= 15 is 0 Å². The Kier molecular flexibility index (Phi) is 4.20. The molecule has 0 aromatic heterocycles. The molecule has 2 rings (SSSR count). The molecule has 0 heterocycles. The van der Waals surface area contributed by atoms with Gasteiger partial charge >= 0.3 is 5.97 Å². The van der Waals surface area contributed by atoms with Gasteiger partial charge in [0.05, 0.1) is 0 Å². The van der Waals surface area contributed by atoms with E-state index in [1.54, 1.807) is 6.07 Å². The Morgan fingerprint density at radius 1 is 1.21 bits per heavy atom. The van der Waals surface area contributed by atoms with E-state index in [1.807, 2.05) is 42.5 Å². The van der Waals surface area contributed by atoms with Crippen LogP contribution < -0.4 is 5.73 Å². The van der Waals surface area contributed by atoms with Crippen LogP contribution in [0.15, 0.2) is 48.5 Å². The van der Waals surface area contributed by atoms with Crippen molar-refractivity contribution in [1.82, 2.24) is 0 Å². The maximum atomic E-state index is 10.7. The fourth-order valence-electron chi connectivity index (χ4n) is 1.88. The van der Waals surface area contributed by atoms with Gasteiger partial charge in [0, 0.05) is 10.6 Å². The van der Waals surface area contributed by atoms with E-state index < -0.39 is 12.0 Å². The minimum Gasteiger partial charge on any atom is -0.480 e. The standard InChI is InChI=1S/C15H14ClNO2/c16-13-8-10(9-14(17)15(18)19)6-7-12(13)11-4-2-1-3-5-11/h1-8,14H,9,17H2,(H,18,19)/t14-/m0/s1. The van der Waals surface area contributed by atoms with E-state index in [1.165, 1.54) is 0 Å². The molecule has 0 amide bonds. The molecule has 0 radical (unpaired) electrons. The van der Waals surface area contributed by atoms with Crippen molar-refractivity contribution in [2.45, 2.75) is 12.5 Å². The molecule has 1 atom stereocenters. The summed E-state index contributed by atoms with van der Waals surface area (Å²) in [5.41, 5.74) is 8.28. The van der Waals surface area contributed by atoms with Crippen molar-refractivity contribution in [2.24, 2.45) is 5.73 Å². The SMILES string of the molecule is N[C@@H](Cc1ccc(-c2ccccc2)c(Cl)c1)C(=O)O. The molecule has 0 spiro atoms. The maximum absolute atomic E-state index is 10.7. The van der Waals surface area contributed by atoms with Crippen LogP contribution in [0.4, 0.5) is 0 Å². The Morgan fingerprint density at radius 2 is 1.89 bits per heavy atom. The van der Waals surface area contributed by atoms with Crippen LogP contribution >= 0.6 is 11.6 Å². The second-order valence-electron chi connectivity index (χ2n) is 4.33. The summed E-state index contributed by atoms with van der Waals surface area (Å²) in [6.07, 6.45) is 0.268. The van der Waals surface area contributed by atoms with Crippen molar-refractivity contribution in [3.8, 4) is 11.1 Å². The van der Waals surface area contributed by atoms with Gasteiger partial charge in [0.1, 0.15) is 6.04 Å². The van der Waals surface area contributed by atoms with Crippen LogP contribution in [0.1, 0.15) is 5.56 Å². The van der Waals surface area contributed by atoms with Crippen LogP contribution in [0.2, 0.25) is 5.02 Å². The molecule has 0 fully saturated rings. The zero-order valence-electron chi connectivity index (χ0n) is 10.2. The Morgan fingerprint density at radius 3 is 2.47 bits per heavy atom. The van der Waals surface area contributed by atoms with Gasteiger partial charge < -0.3 is 10.8 Å². The van der Waals surface area contributed by atoms with Crippen molar-refractivity contribution < 1.29 is 9.90 Å². The second-order valence-corrected chi connectivity index (χ2v) is 4.74. The van der Waals surface area contributed by atoms with E-state index in [0.717, 1.165) is 16.7 Å². The first-order valence-electron chi connectivity index (χ1n) is 5.90. The number of nitrogens with two attached hydrogens (primary N) is 1. The predicted octanol–water partition coefficient (Wildman–Crippen LogP) is 2.96. The van der Waals surface area contributed by atoms with Gasteiger partial charge in [0.2, 0.25) is 0 Å². The minimum atomic E-state index is -1.01. The van der Waals surface area contributed by atoms with Gasteiger partial charge in [-0.2, -0.15) is 0 Å². The maximum Gasteiger partial charge on any atom is 0.320 e. The van der Waals surface area contributed by atoms with Gasteiger partial charge in [-0.05, 0) is 23.6 Å². The number of hydrogen-bond acceptors (Lipinski definition) is 2. The Balaban J connectivity index is 2.25. The number of benzene rings is 2. The Hall–Kier alpha value is -1.84. The molecule has 0 saturated carbocycles. The van der Waals surface area contributed by atoms with Crippen molar-refractivity contribution in [2.75, 3.05) is 0 Å². The zero-order valence-corrected chi connectivity index (χ0v) is 11.0. The van der Waals surface area contributed by atoms with Gasteiger partial charge in [-0.3, -0.25) is 4.79 Å². The number of carboxylic acids is 1. The summed E-state index contributed by atoms with van der Waals surface area (Å²) >= 11 is 6.24. The van der Waals surface area contributed by atoms with Gasteiger partial charge in [0.25, 0.3) is 0 Å². The lowest BCUT2D eigenvalue weighted by atomic mass is 10.0. The molecule has 0 aliphatic heterocycles. The van der Waals surface area contributed by atoms with E-state index in [9.17, 15) is 4.79 Å². The third kappa shape index (κ3) is 3.34. The zero-order chi connectivity index (χ0) is 13.8. The predicted molar refractivity (Wildman–Crippen MR) is 76.2 cm³/mol. The topological polar surface area (TPSA) is 63.3 Å². The summed E-state index contributed by atoms with van der Waals surface area (Å²) in [7, 11) is 0. The average molecular weight is 276 g/mol. The smallest absolute Gasteiger partial charge is 0.320 e. The van der Waals surface area contributed by atoms with Crippen LogP contribution in [0.5, 0.6) is 0 Å². The number of carboxylic acid groups (broad SMARTS) is 1. The van der Waals surface area contributed by atoms with Crippen molar-refractivity contribution in [3.05, 3.63) is 59.1 Å². The van der Waals surface area contributed by atoms with Gasteiger partial charge in [-0.25, -0.2) is 0 Å². The summed E-state index contributed by atoms with van der Waals surface area (Å²) in [6, 6.07) is 14.4. The molecular weight excluding hydrogens is 262 g/mol. The lowest BCUT2D eigenvalue weighted by Crippen LogP contribution is -2.32. The molecule has 0 bridgehead atoms. The Bertz CT molecular complexity index is 584. The van der Waals surface area contributed by atoms with Crippen LogP contribution in [0.3, 0.4) is 0 Å². The summed E-state index contributed by atoms with van der Waals surface area (Å²) < 4.78 is 0. The molecule has 3 N–H and O–H groups in total. The molecule has 0 aliphatic carbocycles. The molecule has 98 valence electrons. The summed E-state index contributed by atoms with van der Waals surface area (Å²) in [6.45, 7) is 0. The normalized spacial score (nSPS) is 12.1. The number of aliphatic carboxylic acids is 1. The molecule has 19 heavy (non-hydrogen) atoms. The molecule has 0 aliphatic rings. The highest BCUT2D eigenvalue weighted by atomic mass is 35.5. The third-order valence-corrected chi connectivity index (χ3v) is 3.20. The van der Waals surface area contributed by atoms with E-state index in [-0.39, 0.29) is 6.42 Å². The monoisotopic (exact) mass is 275 g/mol. The van der Waals surface area contributed by atoms with Crippen molar-refractivity contribution in [3.63, 3.8) is 0 Å². The third-order valence-electron chi connectivity index (χ3n) is 2.89. The first-order chi connectivity index (χ1) is 9.08. The lowest BCUT2D eigenvalue weighted by molar-refractivity contribution is -0.138. The molecule has 0 unspecified atom stereocenters. The number of rotatable bonds is 4.